The Labute approximate surface area is 151 Å². The first-order chi connectivity index (χ1) is 12.1. The first-order valence-corrected chi connectivity index (χ1v) is 9.81. The van der Waals surface area contributed by atoms with Crippen LogP contribution in [-0.4, -0.2) is 35.2 Å². The van der Waals surface area contributed by atoms with Gasteiger partial charge in [0, 0.05) is 0 Å². The molecule has 0 aliphatic heterocycles. The van der Waals surface area contributed by atoms with E-state index in [-0.39, 0.29) is 12.7 Å². The quantitative estimate of drug-likeness (QED) is 0.236. The maximum absolute atomic E-state index is 10.8. The van der Waals surface area contributed by atoms with Crippen molar-refractivity contribution in [1.82, 2.24) is 0 Å². The van der Waals surface area contributed by atoms with Crippen LogP contribution in [0, 0.1) is 0 Å². The van der Waals surface area contributed by atoms with E-state index in [0.717, 1.165) is 64.2 Å². The predicted octanol–water partition coefficient (Wildman–Crippen LogP) is 6.23. The Morgan fingerprint density at radius 2 is 1.20 bits per heavy atom. The second-order valence-electron chi connectivity index (χ2n) is 6.59. The van der Waals surface area contributed by atoms with Crippen LogP contribution >= 0.6 is 0 Å². The van der Waals surface area contributed by atoms with Crippen LogP contribution in [0.1, 0.15) is 96.8 Å². The van der Waals surface area contributed by atoms with Gasteiger partial charge in [-0.1, -0.05) is 64.7 Å². The Morgan fingerprint density at radius 1 is 0.720 bits per heavy atom. The lowest BCUT2D eigenvalue weighted by Gasteiger charge is -2.15. The summed E-state index contributed by atoms with van der Waals surface area (Å²) in [4.78, 5) is 21.0. The standard InChI is InChI=1S/C19H36O6/c1-2-3-4-5-8-11-14-17(25-19(22)23)15-12-9-6-7-10-13-16-24-18(20)21/h17H,2-16H2,1H3,(H,20,21)(H,22,23). The van der Waals surface area contributed by atoms with Crippen molar-refractivity contribution >= 4 is 12.3 Å². The smallest absolute Gasteiger partial charge is 0.450 e. The summed E-state index contributed by atoms with van der Waals surface area (Å²) >= 11 is 0. The van der Waals surface area contributed by atoms with E-state index in [4.69, 9.17) is 14.9 Å². The fourth-order valence-corrected chi connectivity index (χ4v) is 2.90. The average Bonchev–Trinajstić information content (AvgIpc) is 2.55. The van der Waals surface area contributed by atoms with Crippen molar-refractivity contribution in [3.8, 4) is 0 Å². The summed E-state index contributed by atoms with van der Waals surface area (Å²) in [6, 6.07) is 0. The lowest BCUT2D eigenvalue weighted by molar-refractivity contribution is 0.0422. The highest BCUT2D eigenvalue weighted by molar-refractivity contribution is 5.57. The van der Waals surface area contributed by atoms with Crippen molar-refractivity contribution in [3.63, 3.8) is 0 Å². The molecule has 0 aromatic heterocycles. The van der Waals surface area contributed by atoms with Gasteiger partial charge < -0.3 is 19.7 Å². The monoisotopic (exact) mass is 360 g/mol. The molecular formula is C19H36O6. The molecule has 1 unspecified atom stereocenters. The van der Waals surface area contributed by atoms with Crippen molar-refractivity contribution in [1.29, 1.82) is 0 Å². The molecule has 0 spiro atoms. The van der Waals surface area contributed by atoms with Gasteiger partial charge >= 0.3 is 12.3 Å². The first-order valence-electron chi connectivity index (χ1n) is 9.81. The van der Waals surface area contributed by atoms with E-state index in [1.165, 1.54) is 25.7 Å². The van der Waals surface area contributed by atoms with Gasteiger partial charge in [-0.15, -0.1) is 0 Å². The van der Waals surface area contributed by atoms with Crippen LogP contribution in [0.15, 0.2) is 0 Å². The summed E-state index contributed by atoms with van der Waals surface area (Å²) in [5.41, 5.74) is 0. The number of ether oxygens (including phenoxy) is 2. The fourth-order valence-electron chi connectivity index (χ4n) is 2.90. The van der Waals surface area contributed by atoms with Crippen LogP contribution in [0.4, 0.5) is 9.59 Å². The summed E-state index contributed by atoms with van der Waals surface area (Å²) < 4.78 is 9.46. The molecule has 0 saturated carbocycles. The molecule has 0 aromatic carbocycles. The van der Waals surface area contributed by atoms with E-state index in [2.05, 4.69) is 11.7 Å². The lowest BCUT2D eigenvalue weighted by Crippen LogP contribution is -2.16. The van der Waals surface area contributed by atoms with E-state index < -0.39 is 12.3 Å². The van der Waals surface area contributed by atoms with Crippen molar-refractivity contribution < 1.29 is 29.3 Å². The maximum Gasteiger partial charge on any atom is 0.506 e. The summed E-state index contributed by atoms with van der Waals surface area (Å²) in [6.45, 7) is 2.46. The third-order valence-corrected chi connectivity index (χ3v) is 4.29. The van der Waals surface area contributed by atoms with Crippen molar-refractivity contribution in [3.05, 3.63) is 0 Å². The Balaban J connectivity index is 3.61. The molecule has 0 bridgehead atoms. The van der Waals surface area contributed by atoms with Gasteiger partial charge in [0.15, 0.2) is 0 Å². The molecule has 25 heavy (non-hydrogen) atoms. The zero-order chi connectivity index (χ0) is 18.8. The van der Waals surface area contributed by atoms with Gasteiger partial charge in [-0.3, -0.25) is 0 Å². The lowest BCUT2D eigenvalue weighted by atomic mass is 10.0. The number of rotatable bonds is 17. The Kier molecular flexibility index (Phi) is 16.4. The van der Waals surface area contributed by atoms with Gasteiger partial charge in [-0.2, -0.15) is 0 Å². The highest BCUT2D eigenvalue weighted by atomic mass is 16.7. The Hall–Kier alpha value is -1.46. The molecule has 0 rings (SSSR count). The third kappa shape index (κ3) is 18.7. The number of unbranched alkanes of at least 4 members (excludes halogenated alkanes) is 10. The van der Waals surface area contributed by atoms with Gasteiger partial charge in [0.05, 0.1) is 6.61 Å². The van der Waals surface area contributed by atoms with E-state index in [1.807, 2.05) is 0 Å². The zero-order valence-electron chi connectivity index (χ0n) is 15.7. The average molecular weight is 360 g/mol. The number of hydrogen-bond donors (Lipinski definition) is 2. The molecule has 6 heteroatoms. The van der Waals surface area contributed by atoms with Crippen LogP contribution in [0.5, 0.6) is 0 Å². The molecule has 0 radical (unpaired) electrons. The van der Waals surface area contributed by atoms with E-state index in [9.17, 15) is 9.59 Å². The molecule has 1 atom stereocenters. The van der Waals surface area contributed by atoms with Gasteiger partial charge in [0.25, 0.3) is 0 Å². The van der Waals surface area contributed by atoms with Gasteiger partial charge in [0.2, 0.25) is 0 Å². The summed E-state index contributed by atoms with van der Waals surface area (Å²) in [6.07, 6.45) is 12.1. The van der Waals surface area contributed by atoms with Crippen LogP contribution < -0.4 is 0 Å². The van der Waals surface area contributed by atoms with Crippen LogP contribution in [0.25, 0.3) is 0 Å². The van der Waals surface area contributed by atoms with Gasteiger partial charge in [0.1, 0.15) is 6.10 Å². The molecule has 0 aliphatic carbocycles. The van der Waals surface area contributed by atoms with Crippen molar-refractivity contribution in [2.24, 2.45) is 0 Å². The molecule has 0 saturated heterocycles. The molecule has 0 amide bonds. The number of carbonyl (C=O) groups is 2. The summed E-state index contributed by atoms with van der Waals surface area (Å²) in [5, 5.41) is 17.2. The van der Waals surface area contributed by atoms with Gasteiger partial charge in [-0.05, 0) is 32.1 Å². The van der Waals surface area contributed by atoms with E-state index in [0.29, 0.717) is 0 Å². The minimum Gasteiger partial charge on any atom is -0.450 e. The highest BCUT2D eigenvalue weighted by Gasteiger charge is 2.13. The molecular weight excluding hydrogens is 324 g/mol. The molecule has 148 valence electrons. The first kappa shape index (κ1) is 23.5. The molecule has 0 fully saturated rings. The minimum atomic E-state index is -1.21. The normalized spacial score (nSPS) is 11.9. The number of carboxylic acid groups (broad SMARTS) is 2. The largest absolute Gasteiger partial charge is 0.506 e. The number of hydrogen-bond acceptors (Lipinski definition) is 4. The van der Waals surface area contributed by atoms with E-state index >= 15 is 0 Å². The highest BCUT2D eigenvalue weighted by Crippen LogP contribution is 2.17. The topological polar surface area (TPSA) is 93.1 Å². The molecule has 2 N–H and O–H groups in total. The van der Waals surface area contributed by atoms with E-state index in [1.54, 1.807) is 0 Å². The maximum atomic E-state index is 10.8. The molecule has 0 heterocycles. The molecule has 6 nitrogen and oxygen atoms in total. The minimum absolute atomic E-state index is 0.173. The molecule has 0 aromatic rings. The zero-order valence-corrected chi connectivity index (χ0v) is 15.7. The predicted molar refractivity (Wildman–Crippen MR) is 97.2 cm³/mol. The fraction of sp³-hybridized carbons (Fsp3) is 0.895. The van der Waals surface area contributed by atoms with Crippen LogP contribution in [0.3, 0.4) is 0 Å². The van der Waals surface area contributed by atoms with Crippen LogP contribution in [0.2, 0.25) is 0 Å². The van der Waals surface area contributed by atoms with Crippen molar-refractivity contribution in [2.75, 3.05) is 6.61 Å². The SMILES string of the molecule is CCCCCCCCC(CCCCCCCCOC(=O)O)OC(=O)O. The summed E-state index contributed by atoms with van der Waals surface area (Å²) in [5.74, 6) is 0. The molecule has 0 aliphatic rings. The second-order valence-corrected chi connectivity index (χ2v) is 6.59. The van der Waals surface area contributed by atoms with Gasteiger partial charge in [-0.25, -0.2) is 9.59 Å². The van der Waals surface area contributed by atoms with Crippen molar-refractivity contribution in [2.45, 2.75) is 103 Å². The Morgan fingerprint density at radius 3 is 1.68 bits per heavy atom. The summed E-state index contributed by atoms with van der Waals surface area (Å²) in [7, 11) is 0. The van der Waals surface area contributed by atoms with Crippen LogP contribution in [-0.2, 0) is 9.47 Å². The third-order valence-electron chi connectivity index (χ3n) is 4.29. The Bertz CT molecular complexity index is 332. The second kappa shape index (κ2) is 17.4.